The van der Waals surface area contributed by atoms with E-state index in [2.05, 4.69) is 49.2 Å². The number of nitrogens with zero attached hydrogens (tertiary/aromatic N) is 2. The topological polar surface area (TPSA) is 54.7 Å². The van der Waals surface area contributed by atoms with Gasteiger partial charge in [-0.15, -0.1) is 0 Å². The Kier molecular flexibility index (Phi) is 3.78. The molecule has 2 aromatic carbocycles. The number of methoxy groups -OCH3 is 1. The summed E-state index contributed by atoms with van der Waals surface area (Å²) in [6.45, 7) is 3.93. The molecule has 4 saturated carbocycles. The molecule has 9 rings (SSSR count). The SMILES string of the molecule is CO[C@]12C(C)CC3(C[C@H]1C#N)[C@H]1C4Cc5ccc(OCc6ccccc6)c6c5[C@@]3(C4CN1C)[C@H]2O6. The molecule has 0 aromatic heterocycles. The molecule has 5 heteroatoms. The highest BCUT2D eigenvalue weighted by Gasteiger charge is 2.88. The average molecular weight is 469 g/mol. The van der Waals surface area contributed by atoms with E-state index in [0.717, 1.165) is 42.9 Å². The molecule has 0 N–H and O–H groups in total. The third-order valence-electron chi connectivity index (χ3n) is 11.3. The van der Waals surface area contributed by atoms with E-state index in [-0.39, 0.29) is 28.8 Å². The Morgan fingerprint density at radius 2 is 2.00 bits per heavy atom. The third-order valence-corrected chi connectivity index (χ3v) is 11.3. The lowest BCUT2D eigenvalue weighted by Crippen LogP contribution is -2.80. The summed E-state index contributed by atoms with van der Waals surface area (Å²) in [6.07, 6.45) is 2.99. The molecular weight excluding hydrogens is 436 g/mol. The van der Waals surface area contributed by atoms with Crippen molar-refractivity contribution in [3.8, 4) is 17.6 Å². The number of rotatable bonds is 4. The monoisotopic (exact) mass is 468 g/mol. The predicted molar refractivity (Wildman–Crippen MR) is 130 cm³/mol. The Labute approximate surface area is 207 Å². The second kappa shape index (κ2) is 6.41. The zero-order valence-corrected chi connectivity index (χ0v) is 20.7. The van der Waals surface area contributed by atoms with Crippen molar-refractivity contribution in [1.82, 2.24) is 4.90 Å². The smallest absolute Gasteiger partial charge is 0.166 e. The highest BCUT2D eigenvalue weighted by Crippen LogP contribution is 2.83. The van der Waals surface area contributed by atoms with Gasteiger partial charge in [-0.2, -0.15) is 5.26 Å². The Balaban J connectivity index is 1.35. The predicted octanol–water partition coefficient (Wildman–Crippen LogP) is 4.34. The van der Waals surface area contributed by atoms with Gasteiger partial charge in [-0.05, 0) is 61.3 Å². The van der Waals surface area contributed by atoms with E-state index in [1.165, 1.54) is 11.1 Å². The van der Waals surface area contributed by atoms with Crippen molar-refractivity contribution >= 4 is 0 Å². The third kappa shape index (κ3) is 1.98. The highest BCUT2D eigenvalue weighted by atomic mass is 16.6. The van der Waals surface area contributed by atoms with Gasteiger partial charge in [-0.25, -0.2) is 0 Å². The van der Waals surface area contributed by atoms with Crippen LogP contribution in [0.5, 0.6) is 11.5 Å². The summed E-state index contributed by atoms with van der Waals surface area (Å²) in [5, 5.41) is 10.4. The van der Waals surface area contributed by atoms with Gasteiger partial charge in [0.2, 0.25) is 0 Å². The second-order valence-corrected chi connectivity index (χ2v) is 12.1. The van der Waals surface area contributed by atoms with Gasteiger partial charge in [0.15, 0.2) is 11.5 Å². The summed E-state index contributed by atoms with van der Waals surface area (Å²) in [7, 11) is 4.13. The molecular formula is C30H32N2O3. The largest absolute Gasteiger partial charge is 0.485 e. The number of hydrogen-bond donors (Lipinski definition) is 0. The van der Waals surface area contributed by atoms with Crippen molar-refractivity contribution in [2.24, 2.45) is 29.1 Å². The second-order valence-electron chi connectivity index (χ2n) is 12.1. The highest BCUT2D eigenvalue weighted by molar-refractivity contribution is 5.65. The molecule has 0 radical (unpaired) electrons. The van der Waals surface area contributed by atoms with E-state index in [0.29, 0.717) is 24.5 Å². The standard InChI is InChI=1S/C30H32N2O3/c1-17-12-28-13-20(14-31)30(17,33-3)27-29(28)22-15-32(2)26(28)21(22)11-19-9-10-23(25(35-27)24(19)29)34-16-18-7-5-4-6-8-18/h4-10,17,20-22,26-27H,11-13,15-16H2,1-3H3/t17?,20-,21?,22?,26+,27+,28?,29-,30+/m0/s1. The molecule has 5 fully saturated rings. The molecule has 5 nitrogen and oxygen atoms in total. The van der Waals surface area contributed by atoms with E-state index in [9.17, 15) is 5.26 Å². The molecule has 1 saturated heterocycles. The zero-order chi connectivity index (χ0) is 23.7. The van der Waals surface area contributed by atoms with E-state index in [1.54, 1.807) is 0 Å². The molecule has 6 bridgehead atoms. The van der Waals surface area contributed by atoms with Crippen molar-refractivity contribution in [3.05, 3.63) is 59.2 Å². The number of nitriles is 1. The fraction of sp³-hybridized carbons (Fsp3) is 0.567. The number of hydrogen-bond acceptors (Lipinski definition) is 5. The molecule has 5 aliphatic carbocycles. The normalized spacial score (nSPS) is 45.2. The van der Waals surface area contributed by atoms with E-state index in [1.807, 2.05) is 25.3 Å². The maximum Gasteiger partial charge on any atom is 0.166 e. The lowest BCUT2D eigenvalue weighted by Gasteiger charge is -2.70. The number of fused-ring (bicyclic) bond motifs is 2. The van der Waals surface area contributed by atoms with Crippen molar-refractivity contribution in [3.63, 3.8) is 0 Å². The quantitative estimate of drug-likeness (QED) is 0.668. The van der Waals surface area contributed by atoms with E-state index >= 15 is 0 Å². The molecule has 2 aliphatic heterocycles. The Hall–Kier alpha value is -2.55. The number of benzene rings is 2. The number of likely N-dealkylation sites (tertiary alicyclic amines) is 1. The summed E-state index contributed by atoms with van der Waals surface area (Å²) in [6, 6.07) is 18.0. The fourth-order valence-electron chi connectivity index (χ4n) is 10.7. The van der Waals surface area contributed by atoms with Crippen LogP contribution in [0, 0.1) is 40.4 Å². The summed E-state index contributed by atoms with van der Waals surface area (Å²) in [4.78, 5) is 2.63. The van der Waals surface area contributed by atoms with Gasteiger partial charge in [0, 0.05) is 30.7 Å². The van der Waals surface area contributed by atoms with Gasteiger partial charge in [0.25, 0.3) is 0 Å². The van der Waals surface area contributed by atoms with Crippen LogP contribution in [-0.2, 0) is 23.2 Å². The van der Waals surface area contributed by atoms with Gasteiger partial charge in [-0.3, -0.25) is 0 Å². The summed E-state index contributed by atoms with van der Waals surface area (Å²) in [5.41, 5.74) is 3.38. The first-order valence-corrected chi connectivity index (χ1v) is 13.2. The first-order valence-electron chi connectivity index (χ1n) is 13.2. The maximum atomic E-state index is 10.4. The molecule has 0 amide bonds. The molecule has 9 atom stereocenters. The van der Waals surface area contributed by atoms with Crippen LogP contribution in [0.2, 0.25) is 0 Å². The minimum atomic E-state index is -0.589. The molecule has 2 aromatic rings. The molecule has 180 valence electrons. The Morgan fingerprint density at radius 1 is 1.17 bits per heavy atom. The molecule has 2 spiro atoms. The van der Waals surface area contributed by atoms with Crippen molar-refractivity contribution < 1.29 is 14.2 Å². The van der Waals surface area contributed by atoms with Gasteiger partial charge in [0.05, 0.1) is 17.4 Å². The van der Waals surface area contributed by atoms with Crippen LogP contribution >= 0.6 is 0 Å². The van der Waals surface area contributed by atoms with Gasteiger partial charge in [-0.1, -0.05) is 43.3 Å². The molecule has 2 heterocycles. The van der Waals surface area contributed by atoms with Gasteiger partial charge < -0.3 is 19.1 Å². The van der Waals surface area contributed by atoms with Crippen molar-refractivity contribution in [1.29, 1.82) is 5.26 Å². The lowest BCUT2D eigenvalue weighted by atomic mass is 9.36. The average Bonchev–Trinajstić information content (AvgIpc) is 3.46. The fourth-order valence-corrected chi connectivity index (χ4v) is 10.7. The first-order chi connectivity index (χ1) is 17.0. The maximum absolute atomic E-state index is 10.4. The van der Waals surface area contributed by atoms with Crippen LogP contribution < -0.4 is 9.47 Å². The Bertz CT molecular complexity index is 1290. The summed E-state index contributed by atoms with van der Waals surface area (Å²) >= 11 is 0. The van der Waals surface area contributed by atoms with Gasteiger partial charge in [0.1, 0.15) is 18.3 Å². The molecule has 4 unspecified atom stereocenters. The zero-order valence-electron chi connectivity index (χ0n) is 20.7. The van der Waals surface area contributed by atoms with Crippen molar-refractivity contribution in [2.75, 3.05) is 20.7 Å². The van der Waals surface area contributed by atoms with Crippen LogP contribution in [0.3, 0.4) is 0 Å². The number of piperidine rings is 1. The van der Waals surface area contributed by atoms with Crippen molar-refractivity contribution in [2.45, 2.75) is 56.0 Å². The van der Waals surface area contributed by atoms with E-state index in [4.69, 9.17) is 14.2 Å². The minimum Gasteiger partial charge on any atom is -0.485 e. The lowest BCUT2D eigenvalue weighted by molar-refractivity contribution is -0.275. The first kappa shape index (κ1) is 20.6. The van der Waals surface area contributed by atoms with Crippen LogP contribution in [-0.4, -0.2) is 43.3 Å². The summed E-state index contributed by atoms with van der Waals surface area (Å²) < 4.78 is 20.1. The van der Waals surface area contributed by atoms with E-state index < -0.39 is 5.60 Å². The molecule has 7 aliphatic rings. The number of ether oxygens (including phenoxy) is 3. The Morgan fingerprint density at radius 3 is 2.77 bits per heavy atom. The van der Waals surface area contributed by atoms with Crippen LogP contribution in [0.4, 0.5) is 0 Å². The van der Waals surface area contributed by atoms with Crippen LogP contribution in [0.15, 0.2) is 42.5 Å². The van der Waals surface area contributed by atoms with Gasteiger partial charge >= 0.3 is 0 Å². The van der Waals surface area contributed by atoms with Crippen LogP contribution in [0.25, 0.3) is 0 Å². The minimum absolute atomic E-state index is 0.0502. The summed E-state index contributed by atoms with van der Waals surface area (Å²) in [5.74, 6) is 3.05. The molecule has 35 heavy (non-hydrogen) atoms. The van der Waals surface area contributed by atoms with Crippen LogP contribution in [0.1, 0.15) is 36.5 Å².